The molecule has 1 unspecified atom stereocenters. The highest BCUT2D eigenvalue weighted by Crippen LogP contribution is 2.54. The Bertz CT molecular complexity index is 3760. The van der Waals surface area contributed by atoms with E-state index in [0.717, 1.165) is 73.6 Å². The van der Waals surface area contributed by atoms with Crippen molar-refractivity contribution in [3.05, 3.63) is 253 Å². The van der Waals surface area contributed by atoms with E-state index in [-0.39, 0.29) is 5.41 Å². The first-order valence-corrected chi connectivity index (χ1v) is 23.4. The van der Waals surface area contributed by atoms with Gasteiger partial charge in [0.15, 0.2) is 0 Å². The smallest absolute Gasteiger partial charge is 0.135 e. The molecule has 11 aromatic rings. The molecule has 4 nitrogen and oxygen atoms in total. The van der Waals surface area contributed by atoms with E-state index in [1.165, 1.54) is 44.2 Å². The number of fused-ring (bicyclic) bond motifs is 9. The summed E-state index contributed by atoms with van der Waals surface area (Å²) in [5.41, 5.74) is 18.3. The normalized spacial score (nSPS) is 15.1. The summed E-state index contributed by atoms with van der Waals surface area (Å²) in [6.45, 7) is 4.80. The molecule has 0 aliphatic heterocycles. The van der Waals surface area contributed by atoms with E-state index in [1.807, 2.05) is 6.07 Å². The minimum atomic E-state index is -0.0928. The zero-order valence-corrected chi connectivity index (χ0v) is 37.5. The summed E-state index contributed by atoms with van der Waals surface area (Å²) in [6.07, 6.45) is 5.89. The molecule has 2 aliphatic rings. The van der Waals surface area contributed by atoms with Crippen LogP contribution >= 0.6 is 0 Å². The number of nitrogens with zero attached hydrogens (tertiary/aromatic N) is 3. The molecule has 13 rings (SSSR count). The average Bonchev–Trinajstić information content (AvgIpc) is 4.00. The number of hydrogen-bond acceptors (Lipinski definition) is 3. The summed E-state index contributed by atoms with van der Waals surface area (Å²) in [7, 11) is 0. The summed E-state index contributed by atoms with van der Waals surface area (Å²) in [5, 5.41) is 4.64. The number of rotatable bonds is 8. The summed E-state index contributed by atoms with van der Waals surface area (Å²) in [4.78, 5) is 4.88. The van der Waals surface area contributed by atoms with Crippen LogP contribution in [0.4, 0.5) is 28.4 Å². The van der Waals surface area contributed by atoms with E-state index in [9.17, 15) is 0 Å². The van der Waals surface area contributed by atoms with Gasteiger partial charge in [-0.25, -0.2) is 0 Å². The predicted octanol–water partition coefficient (Wildman–Crippen LogP) is 17.2. The molecule has 0 bridgehead atoms. The molecule has 0 radical (unpaired) electrons. The molecule has 9 aromatic carbocycles. The summed E-state index contributed by atoms with van der Waals surface area (Å²) in [6, 6.07) is 79.3. The lowest BCUT2D eigenvalue weighted by atomic mass is 9.78. The van der Waals surface area contributed by atoms with Crippen molar-refractivity contribution in [2.24, 2.45) is 0 Å². The van der Waals surface area contributed by atoms with Crippen molar-refractivity contribution in [1.82, 2.24) is 4.57 Å². The molecule has 4 heteroatoms. The van der Waals surface area contributed by atoms with E-state index < -0.39 is 0 Å². The molecule has 0 amide bonds. The van der Waals surface area contributed by atoms with Gasteiger partial charge in [-0.3, -0.25) is 0 Å². The van der Waals surface area contributed by atoms with Crippen LogP contribution in [0.25, 0.3) is 60.6 Å². The SMILES string of the molecule is CC1(C)C2=CC(N(c3ccccc3)c3cc(-c4ccc5c(c4)c4ccccc4n5-c4ccccc4)cc(N(c4ccccc4)c4ccc5oc6ccccc6c5c4)c3)=CCC2c2ccccc21. The molecule has 1 atom stereocenters. The van der Waals surface area contributed by atoms with E-state index in [1.54, 1.807) is 0 Å². The van der Waals surface area contributed by atoms with Crippen molar-refractivity contribution >= 4 is 72.2 Å². The molecule has 0 saturated heterocycles. The number of furan rings is 1. The lowest BCUT2D eigenvalue weighted by Gasteiger charge is -2.34. The van der Waals surface area contributed by atoms with Gasteiger partial charge in [0.25, 0.3) is 0 Å². The molecule has 67 heavy (non-hydrogen) atoms. The fourth-order valence-corrected chi connectivity index (χ4v) is 11.2. The molecule has 320 valence electrons. The fraction of sp³-hybridized carbons (Fsp3) is 0.0794. The Morgan fingerprint density at radius 3 is 1.88 bits per heavy atom. The van der Waals surface area contributed by atoms with Gasteiger partial charge in [-0.15, -0.1) is 0 Å². The average molecular weight is 862 g/mol. The molecular weight excluding hydrogens is 815 g/mol. The van der Waals surface area contributed by atoms with Crippen LogP contribution in [0.5, 0.6) is 0 Å². The third kappa shape index (κ3) is 6.35. The summed E-state index contributed by atoms with van der Waals surface area (Å²) in [5.74, 6) is 0.363. The van der Waals surface area contributed by atoms with Crippen LogP contribution < -0.4 is 9.80 Å². The van der Waals surface area contributed by atoms with Gasteiger partial charge in [-0.1, -0.05) is 147 Å². The van der Waals surface area contributed by atoms with Crippen molar-refractivity contribution < 1.29 is 4.42 Å². The number of aromatic nitrogens is 1. The van der Waals surface area contributed by atoms with Crippen LogP contribution in [0.2, 0.25) is 0 Å². The van der Waals surface area contributed by atoms with Gasteiger partial charge in [-0.05, 0) is 132 Å². The van der Waals surface area contributed by atoms with Gasteiger partial charge in [0.1, 0.15) is 11.2 Å². The molecule has 0 fully saturated rings. The van der Waals surface area contributed by atoms with Gasteiger partial charge >= 0.3 is 0 Å². The zero-order chi connectivity index (χ0) is 44.6. The Morgan fingerprint density at radius 1 is 0.463 bits per heavy atom. The lowest BCUT2D eigenvalue weighted by Crippen LogP contribution is -2.23. The first-order chi connectivity index (χ1) is 33.0. The Balaban J connectivity index is 1.06. The third-order valence-electron chi connectivity index (χ3n) is 14.3. The largest absolute Gasteiger partial charge is 0.456 e. The van der Waals surface area contributed by atoms with Gasteiger partial charge < -0.3 is 18.8 Å². The topological polar surface area (TPSA) is 24.6 Å². The van der Waals surface area contributed by atoms with Gasteiger partial charge in [-0.2, -0.15) is 0 Å². The van der Waals surface area contributed by atoms with Crippen LogP contribution in [0.15, 0.2) is 246 Å². The second-order valence-corrected chi connectivity index (χ2v) is 18.5. The Hall–Kier alpha value is -8.34. The second-order valence-electron chi connectivity index (χ2n) is 18.5. The Morgan fingerprint density at radius 2 is 1.09 bits per heavy atom. The number of benzene rings is 9. The quantitative estimate of drug-likeness (QED) is 0.152. The minimum absolute atomic E-state index is 0.0928. The maximum atomic E-state index is 6.36. The van der Waals surface area contributed by atoms with Gasteiger partial charge in [0.05, 0.1) is 11.0 Å². The molecular formula is C63H47N3O. The first-order valence-electron chi connectivity index (χ1n) is 23.4. The Labute approximate surface area is 390 Å². The van der Waals surface area contributed by atoms with Crippen molar-refractivity contribution in [3.63, 3.8) is 0 Å². The number of anilines is 5. The van der Waals surface area contributed by atoms with Crippen LogP contribution in [0.1, 0.15) is 37.3 Å². The van der Waals surface area contributed by atoms with Crippen LogP contribution in [-0.4, -0.2) is 4.57 Å². The predicted molar refractivity (Wildman–Crippen MR) is 280 cm³/mol. The van der Waals surface area contributed by atoms with Crippen molar-refractivity contribution in [2.45, 2.75) is 31.6 Å². The highest BCUT2D eigenvalue weighted by atomic mass is 16.3. The number of allylic oxidation sites excluding steroid dienone is 3. The standard InChI is InChI=1S/C63H47N3O/c1-63(2)57-27-15-12-24-51(57)52-33-31-48(41-58(52)63)65(45-20-8-4-9-21-45)50-37-43(42-30-34-60-55(38-42)53-25-13-16-28-59(53)66(60)46-22-10-5-11-23-46)36-49(39-50)64(44-18-6-3-7-19-44)47-32-35-62-56(40-47)54-26-14-17-29-61(54)67-62/h3-32,34-41,52H,33H2,1-2H3. The van der Waals surface area contributed by atoms with E-state index >= 15 is 0 Å². The number of hydrogen-bond donors (Lipinski definition) is 0. The maximum absolute atomic E-state index is 6.36. The van der Waals surface area contributed by atoms with Crippen molar-refractivity contribution in [2.75, 3.05) is 9.80 Å². The summed E-state index contributed by atoms with van der Waals surface area (Å²) < 4.78 is 8.75. The zero-order valence-electron chi connectivity index (χ0n) is 37.5. The van der Waals surface area contributed by atoms with Crippen LogP contribution in [-0.2, 0) is 5.41 Å². The van der Waals surface area contributed by atoms with Crippen LogP contribution in [0, 0.1) is 0 Å². The molecule has 0 N–H and O–H groups in total. The molecule has 0 spiro atoms. The lowest BCUT2D eigenvalue weighted by molar-refractivity contribution is 0.609. The molecule has 2 aliphatic carbocycles. The van der Waals surface area contributed by atoms with E-state index in [2.05, 4.69) is 253 Å². The minimum Gasteiger partial charge on any atom is -0.456 e. The van der Waals surface area contributed by atoms with E-state index in [0.29, 0.717) is 5.92 Å². The van der Waals surface area contributed by atoms with E-state index in [4.69, 9.17) is 4.42 Å². The first kappa shape index (κ1) is 39.1. The second kappa shape index (κ2) is 15.4. The van der Waals surface area contributed by atoms with Crippen LogP contribution in [0.3, 0.4) is 0 Å². The van der Waals surface area contributed by atoms with Gasteiger partial charge in [0.2, 0.25) is 0 Å². The number of para-hydroxylation sites is 5. The monoisotopic (exact) mass is 861 g/mol. The highest BCUT2D eigenvalue weighted by molar-refractivity contribution is 6.11. The van der Waals surface area contributed by atoms with Gasteiger partial charge in [0, 0.05) is 72.7 Å². The summed E-state index contributed by atoms with van der Waals surface area (Å²) >= 11 is 0. The molecule has 2 aromatic heterocycles. The van der Waals surface area contributed by atoms with Crippen molar-refractivity contribution in [3.8, 4) is 16.8 Å². The molecule has 2 heterocycles. The fourth-order valence-electron chi connectivity index (χ4n) is 11.2. The van der Waals surface area contributed by atoms with Crippen molar-refractivity contribution in [1.29, 1.82) is 0 Å². The maximum Gasteiger partial charge on any atom is 0.135 e. The highest BCUT2D eigenvalue weighted by Gasteiger charge is 2.42. The molecule has 0 saturated carbocycles. The Kier molecular flexibility index (Phi) is 8.97. The third-order valence-corrected chi connectivity index (χ3v) is 14.3.